The van der Waals surface area contributed by atoms with Gasteiger partial charge in [-0.1, -0.05) is 42.0 Å². The minimum atomic E-state index is -0.765. The van der Waals surface area contributed by atoms with Crippen molar-refractivity contribution in [1.82, 2.24) is 4.98 Å². The Kier molecular flexibility index (Phi) is 3.61. The summed E-state index contributed by atoms with van der Waals surface area (Å²) in [6.07, 6.45) is 2.27. The molecule has 1 aromatic heterocycles. The Morgan fingerprint density at radius 1 is 1.25 bits per heavy atom. The van der Waals surface area contributed by atoms with Crippen molar-refractivity contribution in [2.24, 2.45) is 0 Å². The van der Waals surface area contributed by atoms with Gasteiger partial charge in [-0.3, -0.25) is 4.79 Å². The van der Waals surface area contributed by atoms with Crippen LogP contribution in [0.4, 0.5) is 9.52 Å². The molecule has 1 saturated carbocycles. The summed E-state index contributed by atoms with van der Waals surface area (Å²) in [7, 11) is 0. The summed E-state index contributed by atoms with van der Waals surface area (Å²) in [4.78, 5) is 17.4. The highest BCUT2D eigenvalue weighted by Gasteiger charge is 2.47. The van der Waals surface area contributed by atoms with Gasteiger partial charge in [0.05, 0.1) is 15.6 Å². The molecule has 1 N–H and O–H groups in total. The molecule has 0 spiro atoms. The lowest BCUT2D eigenvalue weighted by Gasteiger charge is -2.40. The maximum Gasteiger partial charge on any atom is 0.236 e. The first kappa shape index (κ1) is 15.3. The Morgan fingerprint density at radius 2 is 2.04 bits per heavy atom. The van der Waals surface area contributed by atoms with Crippen molar-refractivity contribution in [1.29, 1.82) is 0 Å². The van der Waals surface area contributed by atoms with Gasteiger partial charge in [-0.05, 0) is 43.5 Å². The Morgan fingerprint density at radius 3 is 2.75 bits per heavy atom. The second kappa shape index (κ2) is 5.67. The largest absolute Gasteiger partial charge is 0.301 e. The predicted molar refractivity (Wildman–Crippen MR) is 94.9 cm³/mol. The number of benzene rings is 2. The number of hydrogen-bond donors (Lipinski definition) is 1. The zero-order chi connectivity index (χ0) is 16.7. The Hall–Kier alpha value is -2.27. The third kappa shape index (κ3) is 2.40. The lowest BCUT2D eigenvalue weighted by Crippen LogP contribution is -2.46. The van der Waals surface area contributed by atoms with Crippen LogP contribution in [0, 0.1) is 12.7 Å². The van der Waals surface area contributed by atoms with Gasteiger partial charge in [0.15, 0.2) is 5.13 Å². The van der Waals surface area contributed by atoms with Crippen LogP contribution in [0.25, 0.3) is 10.2 Å². The summed E-state index contributed by atoms with van der Waals surface area (Å²) >= 11 is 1.45. The third-order valence-corrected chi connectivity index (χ3v) is 5.73. The van der Waals surface area contributed by atoms with Crippen molar-refractivity contribution in [3.8, 4) is 0 Å². The van der Waals surface area contributed by atoms with Gasteiger partial charge in [-0.25, -0.2) is 9.37 Å². The first-order valence-electron chi connectivity index (χ1n) is 8.02. The molecule has 0 atom stereocenters. The number of carbonyl (C=O) groups is 1. The first-order chi connectivity index (χ1) is 11.6. The van der Waals surface area contributed by atoms with Gasteiger partial charge in [0.2, 0.25) is 5.91 Å². The van der Waals surface area contributed by atoms with Gasteiger partial charge in [-0.15, -0.1) is 0 Å². The van der Waals surface area contributed by atoms with E-state index in [2.05, 4.69) is 16.4 Å². The van der Waals surface area contributed by atoms with Crippen LogP contribution in [0.1, 0.15) is 30.4 Å². The van der Waals surface area contributed by atoms with Gasteiger partial charge in [0.1, 0.15) is 5.82 Å². The van der Waals surface area contributed by atoms with Crippen LogP contribution >= 0.6 is 11.3 Å². The smallest absolute Gasteiger partial charge is 0.236 e. The monoisotopic (exact) mass is 340 g/mol. The van der Waals surface area contributed by atoms with E-state index in [9.17, 15) is 9.18 Å². The average Bonchev–Trinajstić information content (AvgIpc) is 2.89. The molecule has 0 saturated heterocycles. The van der Waals surface area contributed by atoms with Crippen molar-refractivity contribution in [3.63, 3.8) is 0 Å². The summed E-state index contributed by atoms with van der Waals surface area (Å²) in [6, 6.07) is 12.6. The van der Waals surface area contributed by atoms with Gasteiger partial charge in [-0.2, -0.15) is 0 Å². The van der Waals surface area contributed by atoms with Gasteiger partial charge in [0, 0.05) is 5.56 Å². The van der Waals surface area contributed by atoms with Crippen molar-refractivity contribution in [3.05, 3.63) is 59.4 Å². The summed E-state index contributed by atoms with van der Waals surface area (Å²) in [5.74, 6) is -0.470. The highest BCUT2D eigenvalue weighted by atomic mass is 32.1. The molecule has 4 rings (SSSR count). The predicted octanol–water partition coefficient (Wildman–Crippen LogP) is 4.80. The topological polar surface area (TPSA) is 42.0 Å². The van der Waals surface area contributed by atoms with Crippen LogP contribution in [0.2, 0.25) is 0 Å². The van der Waals surface area contributed by atoms with E-state index in [0.717, 1.165) is 22.2 Å². The summed E-state index contributed by atoms with van der Waals surface area (Å²) in [5.41, 5.74) is 1.75. The molecule has 0 unspecified atom stereocenters. The highest BCUT2D eigenvalue weighted by Crippen LogP contribution is 2.45. The first-order valence-corrected chi connectivity index (χ1v) is 8.84. The molecule has 1 aliphatic rings. The minimum absolute atomic E-state index is 0.158. The van der Waals surface area contributed by atoms with E-state index in [4.69, 9.17) is 0 Å². The number of amides is 1. The fourth-order valence-corrected chi connectivity index (χ4v) is 4.26. The molecular weight excluding hydrogens is 323 g/mol. The zero-order valence-electron chi connectivity index (χ0n) is 13.3. The fraction of sp³-hybridized carbons (Fsp3) is 0.263. The molecule has 1 fully saturated rings. The molecule has 0 bridgehead atoms. The standard InChI is InChI=1S/C19H17FN2OS/c1-12-7-8-15-16(11-12)24-18(21-15)22-17(23)19(9-4-10-19)13-5-2-3-6-14(13)20/h2-3,5-8,11H,4,9-10H2,1H3,(H,21,22,23). The maximum atomic E-state index is 14.2. The number of hydrogen-bond acceptors (Lipinski definition) is 3. The molecule has 3 nitrogen and oxygen atoms in total. The number of aryl methyl sites for hydroxylation is 1. The van der Waals surface area contributed by atoms with E-state index in [1.54, 1.807) is 18.2 Å². The van der Waals surface area contributed by atoms with Crippen molar-refractivity contribution < 1.29 is 9.18 Å². The van der Waals surface area contributed by atoms with Gasteiger partial charge < -0.3 is 5.32 Å². The molecule has 1 heterocycles. The van der Waals surface area contributed by atoms with Crippen LogP contribution in [0.15, 0.2) is 42.5 Å². The second-order valence-corrected chi connectivity index (χ2v) is 7.39. The molecule has 24 heavy (non-hydrogen) atoms. The van der Waals surface area contributed by atoms with E-state index in [1.807, 2.05) is 19.1 Å². The molecular formula is C19H17FN2OS. The van der Waals surface area contributed by atoms with Crippen LogP contribution in [-0.4, -0.2) is 10.9 Å². The van der Waals surface area contributed by atoms with Crippen LogP contribution < -0.4 is 5.32 Å². The van der Waals surface area contributed by atoms with Crippen molar-refractivity contribution >= 4 is 32.6 Å². The fourth-order valence-electron chi connectivity index (χ4n) is 3.30. The van der Waals surface area contributed by atoms with E-state index in [-0.39, 0.29) is 11.7 Å². The molecule has 1 aliphatic carbocycles. The van der Waals surface area contributed by atoms with Crippen molar-refractivity contribution in [2.45, 2.75) is 31.6 Å². The molecule has 0 radical (unpaired) electrons. The molecule has 3 aromatic rings. The molecule has 2 aromatic carbocycles. The third-order valence-electron chi connectivity index (χ3n) is 4.80. The minimum Gasteiger partial charge on any atom is -0.301 e. The molecule has 5 heteroatoms. The lowest BCUT2D eigenvalue weighted by molar-refractivity contribution is -0.124. The number of halogens is 1. The summed E-state index contributed by atoms with van der Waals surface area (Å²) in [5, 5.41) is 3.49. The normalized spacial score (nSPS) is 15.9. The number of nitrogens with one attached hydrogen (secondary N) is 1. The van der Waals surface area contributed by atoms with Gasteiger partial charge in [0.25, 0.3) is 0 Å². The second-order valence-electron chi connectivity index (χ2n) is 6.36. The number of fused-ring (bicyclic) bond motifs is 1. The van der Waals surface area contributed by atoms with E-state index in [0.29, 0.717) is 23.5 Å². The van der Waals surface area contributed by atoms with E-state index >= 15 is 0 Å². The Labute approximate surface area is 143 Å². The van der Waals surface area contributed by atoms with Crippen LogP contribution in [-0.2, 0) is 10.2 Å². The zero-order valence-corrected chi connectivity index (χ0v) is 14.1. The number of aromatic nitrogens is 1. The number of carbonyl (C=O) groups excluding carboxylic acids is 1. The Bertz CT molecular complexity index is 930. The van der Waals surface area contributed by atoms with Crippen LogP contribution in [0.3, 0.4) is 0 Å². The summed E-state index contributed by atoms with van der Waals surface area (Å²) in [6.45, 7) is 2.03. The maximum absolute atomic E-state index is 14.2. The highest BCUT2D eigenvalue weighted by molar-refractivity contribution is 7.22. The number of nitrogens with zero attached hydrogens (tertiary/aromatic N) is 1. The van der Waals surface area contributed by atoms with E-state index < -0.39 is 5.41 Å². The van der Waals surface area contributed by atoms with Crippen molar-refractivity contribution in [2.75, 3.05) is 5.32 Å². The lowest BCUT2D eigenvalue weighted by atomic mass is 9.63. The molecule has 0 aliphatic heterocycles. The van der Waals surface area contributed by atoms with Crippen LogP contribution in [0.5, 0.6) is 0 Å². The quantitative estimate of drug-likeness (QED) is 0.744. The van der Waals surface area contributed by atoms with Gasteiger partial charge >= 0.3 is 0 Å². The average molecular weight is 340 g/mol. The number of thiazole rings is 1. The molecule has 122 valence electrons. The molecule has 1 amide bonds. The number of anilines is 1. The van der Waals surface area contributed by atoms with E-state index in [1.165, 1.54) is 17.4 Å². The number of rotatable bonds is 3. The Balaban J connectivity index is 1.65. The SMILES string of the molecule is Cc1ccc2nc(NC(=O)C3(c4ccccc4F)CCC3)sc2c1. The summed E-state index contributed by atoms with van der Waals surface area (Å²) < 4.78 is 15.3.